The van der Waals surface area contributed by atoms with Gasteiger partial charge in [-0.2, -0.15) is 20.5 Å². The van der Waals surface area contributed by atoms with Gasteiger partial charge in [-0.05, 0) is 70.2 Å². The van der Waals surface area contributed by atoms with Crippen molar-refractivity contribution in [3.8, 4) is 17.2 Å². The van der Waals surface area contributed by atoms with Crippen molar-refractivity contribution in [1.82, 2.24) is 14.2 Å². The van der Waals surface area contributed by atoms with Gasteiger partial charge >= 0.3 is 0 Å². The molecular formula is C37H34N4O3S2. The molecule has 1 amide bonds. The van der Waals surface area contributed by atoms with Crippen LogP contribution in [0.1, 0.15) is 28.8 Å². The van der Waals surface area contributed by atoms with Crippen LogP contribution in [0, 0.1) is 11.3 Å². The molecule has 1 saturated heterocycles. The molecule has 2 fully saturated rings. The largest absolute Gasteiger partial charge is 0.336 e. The fourth-order valence-corrected chi connectivity index (χ4v) is 9.85. The quantitative estimate of drug-likeness (QED) is 0.200. The van der Waals surface area contributed by atoms with Gasteiger partial charge in [0.2, 0.25) is 10.0 Å². The Labute approximate surface area is 272 Å². The van der Waals surface area contributed by atoms with E-state index in [1.54, 1.807) is 11.1 Å². The third kappa shape index (κ3) is 5.58. The predicted molar refractivity (Wildman–Crippen MR) is 183 cm³/mol. The van der Waals surface area contributed by atoms with Crippen molar-refractivity contribution in [3.05, 3.63) is 120 Å². The van der Waals surface area contributed by atoms with Gasteiger partial charge in [0, 0.05) is 48.2 Å². The van der Waals surface area contributed by atoms with E-state index in [2.05, 4.69) is 77.8 Å². The standard InChI is InChI=1S/C37H34N4O3S2/c1-46(43,44)41-22-20-40(21-23-41)36(42)31-25-39-33-15-9-8-14-30(33)35(31)27-16-17-32(37(26-38)18-19-37)34(24-27)45(28-10-4-2-5-11-28)29-12-6-3-7-13-29/h2-17,24-25,45H,18-23H2,1H3. The normalized spacial score (nSPS) is 16.5. The number of rotatable bonds is 7. The monoisotopic (exact) mass is 646 g/mol. The molecule has 2 aliphatic rings. The molecule has 1 saturated carbocycles. The van der Waals surface area contributed by atoms with E-state index in [4.69, 9.17) is 0 Å². The first-order chi connectivity index (χ1) is 22.3. The molecule has 0 spiro atoms. The van der Waals surface area contributed by atoms with Crippen molar-refractivity contribution in [2.45, 2.75) is 32.9 Å². The molecule has 0 radical (unpaired) electrons. The number of benzene rings is 4. The van der Waals surface area contributed by atoms with Gasteiger partial charge in [-0.25, -0.2) is 8.42 Å². The van der Waals surface area contributed by atoms with Gasteiger partial charge in [-0.1, -0.05) is 66.7 Å². The average Bonchev–Trinajstić information content (AvgIpc) is 3.89. The lowest BCUT2D eigenvalue weighted by molar-refractivity contribution is 0.0699. The molecule has 1 aliphatic heterocycles. The van der Waals surface area contributed by atoms with Crippen LogP contribution in [0.2, 0.25) is 0 Å². The lowest BCUT2D eigenvalue weighted by Gasteiger charge is -2.33. The van der Waals surface area contributed by atoms with E-state index < -0.39 is 26.3 Å². The van der Waals surface area contributed by atoms with Crippen molar-refractivity contribution < 1.29 is 13.2 Å². The molecule has 1 aliphatic carbocycles. The van der Waals surface area contributed by atoms with E-state index in [0.717, 1.165) is 45.3 Å². The van der Waals surface area contributed by atoms with Crippen LogP contribution in [-0.2, 0) is 15.4 Å². The SMILES string of the molecule is CS(=O)(=O)N1CCN(C(=O)c2cnc3ccccc3c2-c2ccc(C3(C#N)CC3)c([SH](c3ccccc3)c3ccccc3)c2)CC1. The molecule has 0 bridgehead atoms. The summed E-state index contributed by atoms with van der Waals surface area (Å²) in [5, 5.41) is 11.2. The minimum atomic E-state index is -3.33. The first-order valence-electron chi connectivity index (χ1n) is 15.4. The number of thiol groups is 1. The van der Waals surface area contributed by atoms with Crippen LogP contribution in [-0.4, -0.2) is 60.9 Å². The van der Waals surface area contributed by atoms with Crippen molar-refractivity contribution in [3.63, 3.8) is 0 Å². The molecular weight excluding hydrogens is 613 g/mol. The van der Waals surface area contributed by atoms with Crippen molar-refractivity contribution in [2.75, 3.05) is 32.4 Å². The minimum Gasteiger partial charge on any atom is -0.336 e. The Morgan fingerprint density at radius 2 is 1.46 bits per heavy atom. The van der Waals surface area contributed by atoms with Crippen LogP contribution in [0.3, 0.4) is 0 Å². The van der Waals surface area contributed by atoms with E-state index in [9.17, 15) is 18.5 Å². The third-order valence-corrected chi connectivity index (χ3v) is 12.8. The summed E-state index contributed by atoms with van der Waals surface area (Å²) in [6.07, 6.45) is 4.51. The first kappa shape index (κ1) is 30.2. The number of amides is 1. The molecule has 5 aromatic rings. The number of hydrogen-bond acceptors (Lipinski definition) is 5. The minimum absolute atomic E-state index is 0.170. The van der Waals surface area contributed by atoms with Crippen LogP contribution < -0.4 is 0 Å². The van der Waals surface area contributed by atoms with Crippen molar-refractivity contribution in [1.29, 1.82) is 5.26 Å². The zero-order chi connectivity index (χ0) is 31.9. The number of pyridine rings is 1. The third-order valence-electron chi connectivity index (χ3n) is 9.04. The fraction of sp³-hybridized carbons (Fsp3) is 0.216. The lowest BCUT2D eigenvalue weighted by atomic mass is 9.91. The Kier molecular flexibility index (Phi) is 7.89. The number of hydrogen-bond donors (Lipinski definition) is 1. The van der Waals surface area contributed by atoms with Gasteiger partial charge < -0.3 is 4.90 Å². The van der Waals surface area contributed by atoms with Gasteiger partial charge in [-0.3, -0.25) is 9.78 Å². The number of piperazine rings is 1. The summed E-state index contributed by atoms with van der Waals surface area (Å²) >= 11 is 0. The molecule has 46 heavy (non-hydrogen) atoms. The Bertz CT molecular complexity index is 2050. The highest BCUT2D eigenvalue weighted by Gasteiger charge is 2.47. The average molecular weight is 647 g/mol. The number of carbonyl (C=O) groups is 1. The number of aromatic nitrogens is 1. The zero-order valence-electron chi connectivity index (χ0n) is 25.5. The summed E-state index contributed by atoms with van der Waals surface area (Å²) in [5.41, 5.74) is 3.49. The lowest BCUT2D eigenvalue weighted by Crippen LogP contribution is -2.50. The maximum Gasteiger partial charge on any atom is 0.256 e. The van der Waals surface area contributed by atoms with Crippen LogP contribution >= 0.6 is 10.9 Å². The van der Waals surface area contributed by atoms with Crippen molar-refractivity contribution >= 4 is 37.7 Å². The zero-order valence-corrected chi connectivity index (χ0v) is 27.2. The Hall–Kier alpha value is -4.49. The number of nitrogens with zero attached hydrogens (tertiary/aromatic N) is 4. The highest BCUT2D eigenvalue weighted by molar-refractivity contribution is 8.17. The molecule has 9 heteroatoms. The second kappa shape index (κ2) is 12.0. The number of carbonyl (C=O) groups excluding carboxylic acids is 1. The van der Waals surface area contributed by atoms with Gasteiger partial charge in [-0.15, -0.1) is 0 Å². The van der Waals surface area contributed by atoms with E-state index in [1.165, 1.54) is 20.4 Å². The molecule has 232 valence electrons. The van der Waals surface area contributed by atoms with E-state index >= 15 is 0 Å². The highest BCUT2D eigenvalue weighted by Crippen LogP contribution is 2.59. The smallest absolute Gasteiger partial charge is 0.256 e. The predicted octanol–water partition coefficient (Wildman–Crippen LogP) is 6.65. The molecule has 0 unspecified atom stereocenters. The Morgan fingerprint density at radius 3 is 2.04 bits per heavy atom. The molecule has 0 N–H and O–H groups in total. The second-order valence-electron chi connectivity index (χ2n) is 12.0. The number of fused-ring (bicyclic) bond motifs is 1. The van der Waals surface area contributed by atoms with Crippen LogP contribution in [0.15, 0.2) is 124 Å². The Balaban J connectivity index is 1.42. The maximum atomic E-state index is 14.2. The summed E-state index contributed by atoms with van der Waals surface area (Å²) in [6.45, 7) is 1.13. The topological polar surface area (TPSA) is 94.4 Å². The van der Waals surface area contributed by atoms with Crippen molar-refractivity contribution in [2.24, 2.45) is 0 Å². The summed E-state index contributed by atoms with van der Waals surface area (Å²) in [5.74, 6) is -0.170. The van der Waals surface area contributed by atoms with Crippen LogP contribution in [0.4, 0.5) is 0 Å². The summed E-state index contributed by atoms with van der Waals surface area (Å²) in [7, 11) is -4.35. The van der Waals surface area contributed by atoms with Gasteiger partial charge in [0.05, 0.1) is 28.8 Å². The molecule has 0 atom stereocenters. The maximum absolute atomic E-state index is 14.2. The van der Waals surface area contributed by atoms with E-state index in [0.29, 0.717) is 18.7 Å². The second-order valence-corrected chi connectivity index (χ2v) is 16.1. The fourth-order valence-electron chi connectivity index (χ4n) is 6.43. The number of para-hydroxylation sites is 1. The van der Waals surface area contributed by atoms with Gasteiger partial charge in [0.1, 0.15) is 0 Å². The number of sulfonamides is 1. The summed E-state index contributed by atoms with van der Waals surface area (Å²) in [6, 6.07) is 37.8. The summed E-state index contributed by atoms with van der Waals surface area (Å²) < 4.78 is 25.7. The highest BCUT2D eigenvalue weighted by atomic mass is 32.2. The first-order valence-corrected chi connectivity index (χ1v) is 18.6. The van der Waals surface area contributed by atoms with E-state index in [-0.39, 0.29) is 19.0 Å². The van der Waals surface area contributed by atoms with Gasteiger partial charge in [0.25, 0.3) is 5.91 Å². The number of nitriles is 1. The van der Waals surface area contributed by atoms with Gasteiger partial charge in [0.15, 0.2) is 0 Å². The Morgan fingerprint density at radius 1 is 0.848 bits per heavy atom. The van der Waals surface area contributed by atoms with Crippen LogP contribution in [0.5, 0.6) is 0 Å². The van der Waals surface area contributed by atoms with E-state index in [1.807, 2.05) is 36.4 Å². The molecule has 4 aromatic carbocycles. The molecule has 1 aromatic heterocycles. The van der Waals surface area contributed by atoms with Crippen LogP contribution in [0.25, 0.3) is 22.0 Å². The molecule has 2 heterocycles. The molecule has 7 rings (SSSR count). The summed E-state index contributed by atoms with van der Waals surface area (Å²) in [4.78, 5) is 24.1. The molecule has 7 nitrogen and oxygen atoms in total.